The largest absolute Gasteiger partial charge is 0.378 e. The van der Waals surface area contributed by atoms with E-state index in [4.69, 9.17) is 18.4 Å². The van der Waals surface area contributed by atoms with Crippen LogP contribution in [0.15, 0.2) is 48.6 Å². The molecule has 0 aliphatic heterocycles. The van der Waals surface area contributed by atoms with E-state index in [0.29, 0.717) is 17.9 Å². The summed E-state index contributed by atoms with van der Waals surface area (Å²) in [6.07, 6.45) is 15.2. The van der Waals surface area contributed by atoms with Crippen molar-refractivity contribution in [1.82, 2.24) is 10.2 Å². The molecule has 0 aromatic heterocycles. The highest BCUT2D eigenvalue weighted by Crippen LogP contribution is 2.34. The third kappa shape index (κ3) is 7.55. The van der Waals surface area contributed by atoms with Crippen LogP contribution in [0.1, 0.15) is 32.1 Å². The first kappa shape index (κ1) is 25.2. The first-order valence-corrected chi connectivity index (χ1v) is 12.7. The number of rotatable bonds is 11. The van der Waals surface area contributed by atoms with Gasteiger partial charge in [0.1, 0.15) is 5.50 Å². The molecule has 178 valence electrons. The van der Waals surface area contributed by atoms with Crippen LogP contribution in [0.3, 0.4) is 0 Å². The van der Waals surface area contributed by atoms with Crippen molar-refractivity contribution in [3.63, 3.8) is 0 Å². The van der Waals surface area contributed by atoms with Gasteiger partial charge in [0.2, 0.25) is 0 Å². The molecule has 0 bridgehead atoms. The number of hydrogen-bond acceptors (Lipinski definition) is 6. The van der Waals surface area contributed by atoms with Crippen molar-refractivity contribution in [3.8, 4) is 0 Å². The maximum Gasteiger partial charge on any atom is 0.122 e. The van der Waals surface area contributed by atoms with Crippen molar-refractivity contribution in [1.29, 1.82) is 0 Å². The number of nitrogens with two attached hydrogens (primary N) is 1. The van der Waals surface area contributed by atoms with Crippen LogP contribution in [0.2, 0.25) is 0 Å². The Hall–Kier alpha value is -1.47. The summed E-state index contributed by atoms with van der Waals surface area (Å²) in [7, 11) is 6.36. The fraction of sp³-hybridized carbons (Fsp3) is 0.615. The summed E-state index contributed by atoms with van der Waals surface area (Å²) in [5.74, 6) is 1.98. The van der Waals surface area contributed by atoms with E-state index in [-0.39, 0.29) is 5.50 Å². The second-order valence-electron chi connectivity index (χ2n) is 9.74. The lowest BCUT2D eigenvalue weighted by Crippen LogP contribution is -2.42. The molecule has 4 N–H and O–H groups in total. The summed E-state index contributed by atoms with van der Waals surface area (Å²) in [6, 6.07) is 8.97. The molecule has 1 aromatic carbocycles. The fourth-order valence-corrected chi connectivity index (χ4v) is 5.36. The molecule has 3 unspecified atom stereocenters. The Labute approximate surface area is 200 Å². The number of allylic oxidation sites excluding steroid dienone is 2. The molecule has 0 spiro atoms. The van der Waals surface area contributed by atoms with E-state index >= 15 is 0 Å². The maximum absolute atomic E-state index is 6.26. The topological polar surface area (TPSA) is 56.6 Å². The van der Waals surface area contributed by atoms with E-state index in [1.165, 1.54) is 31.4 Å². The van der Waals surface area contributed by atoms with Crippen LogP contribution < -0.4 is 21.3 Å². The minimum atomic E-state index is -0.0526. The highest BCUT2D eigenvalue weighted by atomic mass is 32.1. The van der Waals surface area contributed by atoms with Gasteiger partial charge >= 0.3 is 0 Å². The lowest BCUT2D eigenvalue weighted by Gasteiger charge is -2.38. The SMILES string of the molecule is CN(C)c1ccc(NC(S)NC[C@@H]2CCCC([C@H](CN)CN(C)C3C=CC=CC3)C2)cc1. The molecule has 3 rings (SSSR count). The minimum absolute atomic E-state index is 0.0526. The molecule has 5 atom stereocenters. The van der Waals surface area contributed by atoms with Crippen molar-refractivity contribution in [2.45, 2.75) is 43.6 Å². The van der Waals surface area contributed by atoms with Crippen molar-refractivity contribution >= 4 is 24.0 Å². The molecular formula is C26H43N5S. The first-order chi connectivity index (χ1) is 15.5. The summed E-state index contributed by atoms with van der Waals surface area (Å²) in [4.78, 5) is 4.60. The van der Waals surface area contributed by atoms with Gasteiger partial charge in [-0.3, -0.25) is 10.2 Å². The predicted molar refractivity (Wildman–Crippen MR) is 142 cm³/mol. The quantitative estimate of drug-likeness (QED) is 0.297. The van der Waals surface area contributed by atoms with Gasteiger partial charge in [-0.1, -0.05) is 37.1 Å². The van der Waals surface area contributed by atoms with Gasteiger partial charge in [-0.05, 0) is 74.9 Å². The van der Waals surface area contributed by atoms with Gasteiger partial charge in [-0.15, -0.1) is 12.6 Å². The summed E-state index contributed by atoms with van der Waals surface area (Å²) in [5, 5.41) is 7.04. The van der Waals surface area contributed by atoms with Crippen LogP contribution in [-0.4, -0.2) is 57.2 Å². The van der Waals surface area contributed by atoms with Crippen molar-refractivity contribution < 1.29 is 0 Å². The van der Waals surface area contributed by atoms with Crippen molar-refractivity contribution in [2.75, 3.05) is 51.0 Å². The number of anilines is 2. The summed E-state index contributed by atoms with van der Waals surface area (Å²) < 4.78 is 0. The minimum Gasteiger partial charge on any atom is -0.378 e. The first-order valence-electron chi connectivity index (χ1n) is 12.1. The summed E-state index contributed by atoms with van der Waals surface area (Å²) in [6.45, 7) is 2.86. The van der Waals surface area contributed by atoms with Crippen LogP contribution in [0, 0.1) is 17.8 Å². The molecule has 1 saturated carbocycles. The third-order valence-electron chi connectivity index (χ3n) is 7.13. The zero-order chi connectivity index (χ0) is 22.9. The van der Waals surface area contributed by atoms with Gasteiger partial charge < -0.3 is 16.0 Å². The van der Waals surface area contributed by atoms with E-state index in [0.717, 1.165) is 37.7 Å². The lowest BCUT2D eigenvalue weighted by atomic mass is 9.74. The Balaban J connectivity index is 1.44. The molecular weight excluding hydrogens is 414 g/mol. The van der Waals surface area contributed by atoms with Crippen LogP contribution in [0.25, 0.3) is 0 Å². The Morgan fingerprint density at radius 3 is 2.56 bits per heavy atom. The number of nitrogens with one attached hydrogen (secondary N) is 2. The lowest BCUT2D eigenvalue weighted by molar-refractivity contribution is 0.145. The maximum atomic E-state index is 6.26. The second-order valence-corrected chi connectivity index (χ2v) is 10.3. The fourth-order valence-electron chi connectivity index (χ4n) is 5.10. The highest BCUT2D eigenvalue weighted by molar-refractivity contribution is 7.81. The monoisotopic (exact) mass is 457 g/mol. The van der Waals surface area contributed by atoms with Gasteiger partial charge in [-0.2, -0.15) is 0 Å². The van der Waals surface area contributed by atoms with Crippen molar-refractivity contribution in [3.05, 3.63) is 48.6 Å². The van der Waals surface area contributed by atoms with Crippen LogP contribution in [0.5, 0.6) is 0 Å². The number of likely N-dealkylation sites (N-methyl/N-ethyl adjacent to an activating group) is 1. The van der Waals surface area contributed by atoms with E-state index in [9.17, 15) is 0 Å². The number of benzene rings is 1. The number of thiol groups is 1. The molecule has 2 aliphatic carbocycles. The van der Waals surface area contributed by atoms with Crippen LogP contribution in [-0.2, 0) is 0 Å². The molecule has 5 nitrogen and oxygen atoms in total. The van der Waals surface area contributed by atoms with E-state index in [1.54, 1.807) is 0 Å². The zero-order valence-electron chi connectivity index (χ0n) is 20.1. The molecule has 6 heteroatoms. The summed E-state index contributed by atoms with van der Waals surface area (Å²) in [5.41, 5.74) is 8.50. The van der Waals surface area contributed by atoms with Gasteiger partial charge in [0, 0.05) is 44.6 Å². The predicted octanol–water partition coefficient (Wildman–Crippen LogP) is 4.17. The van der Waals surface area contributed by atoms with Gasteiger partial charge in [-0.25, -0.2) is 0 Å². The second kappa shape index (κ2) is 12.7. The van der Waals surface area contributed by atoms with E-state index < -0.39 is 0 Å². The molecule has 2 aliphatic rings. The van der Waals surface area contributed by atoms with Gasteiger partial charge in [0.15, 0.2) is 0 Å². The third-order valence-corrected chi connectivity index (χ3v) is 7.44. The van der Waals surface area contributed by atoms with Gasteiger partial charge in [0.25, 0.3) is 0 Å². The highest BCUT2D eigenvalue weighted by Gasteiger charge is 2.29. The molecule has 0 radical (unpaired) electrons. The van der Waals surface area contributed by atoms with Crippen LogP contribution >= 0.6 is 12.6 Å². The normalized spacial score (nSPS) is 25.0. The molecule has 0 saturated heterocycles. The Bertz CT molecular complexity index is 732. The smallest absolute Gasteiger partial charge is 0.122 e. The summed E-state index contributed by atoms with van der Waals surface area (Å²) >= 11 is 4.72. The molecule has 0 heterocycles. The molecule has 32 heavy (non-hydrogen) atoms. The number of hydrogen-bond donors (Lipinski definition) is 4. The standard InChI is InChI=1S/C26H43N5S/c1-30(2)24-14-12-23(13-15-24)29-26(32)28-18-20-8-7-9-21(16-20)22(17-27)19-31(3)25-10-5-4-6-11-25/h4-6,10,12-15,20-22,25-26,28-29,32H,7-9,11,16-19,27H2,1-3H3/t20-,21?,22-,25?,26?/m1/s1. The number of nitrogens with zero attached hydrogens (tertiary/aromatic N) is 2. The van der Waals surface area contributed by atoms with Gasteiger partial charge in [0.05, 0.1) is 0 Å². The Morgan fingerprint density at radius 2 is 1.91 bits per heavy atom. The van der Waals surface area contributed by atoms with Crippen LogP contribution in [0.4, 0.5) is 11.4 Å². The van der Waals surface area contributed by atoms with E-state index in [1.807, 2.05) is 0 Å². The average Bonchev–Trinajstić information content (AvgIpc) is 2.82. The van der Waals surface area contributed by atoms with E-state index in [2.05, 4.69) is 90.1 Å². The zero-order valence-corrected chi connectivity index (χ0v) is 21.0. The average molecular weight is 458 g/mol. The molecule has 1 fully saturated rings. The molecule has 0 amide bonds. The van der Waals surface area contributed by atoms with Crippen molar-refractivity contribution in [2.24, 2.45) is 23.5 Å². The molecule has 1 aromatic rings. The Kier molecular flexibility index (Phi) is 9.97. The Morgan fingerprint density at radius 1 is 1.12 bits per heavy atom.